The number of urea groups is 1. The van der Waals surface area contributed by atoms with Crippen LogP contribution in [0.2, 0.25) is 10.0 Å². The van der Waals surface area contributed by atoms with Crippen molar-refractivity contribution in [2.75, 3.05) is 10.7 Å². The van der Waals surface area contributed by atoms with Crippen molar-refractivity contribution in [1.29, 1.82) is 0 Å². The summed E-state index contributed by atoms with van der Waals surface area (Å²) in [4.78, 5) is 30.2. The Hall–Kier alpha value is -3.46. The Bertz CT molecular complexity index is 1300. The van der Waals surface area contributed by atoms with E-state index in [9.17, 15) is 9.59 Å². The second-order valence-electron chi connectivity index (χ2n) is 6.71. The molecule has 4 aromatic rings. The van der Waals surface area contributed by atoms with Crippen molar-refractivity contribution in [2.24, 2.45) is 0 Å². The molecule has 0 aliphatic carbocycles. The number of hydrogen-bond acceptors (Lipinski definition) is 5. The average Bonchev–Trinajstić information content (AvgIpc) is 2.82. The Kier molecular flexibility index (Phi) is 7.19. The van der Waals surface area contributed by atoms with E-state index in [4.69, 9.17) is 23.2 Å². The third-order valence-electron chi connectivity index (χ3n) is 4.52. The standard InChI is InChI=1S/C23H17Cl2N5O2S/c24-16-9-5-10-17(25)20(16)22(31)27-19-11-4-8-15-18(12-13-26-21(15)19)28-29-23(32)30-33-14-6-2-1-3-7-14/h1-13H,(H,26,28)(H,27,31)(H2,29,30,32). The number of benzene rings is 3. The van der Waals surface area contributed by atoms with Gasteiger partial charge in [-0.25, -0.2) is 4.79 Å². The van der Waals surface area contributed by atoms with Gasteiger partial charge in [-0.2, -0.15) is 0 Å². The third-order valence-corrected chi connectivity index (χ3v) is 5.95. The molecule has 0 aliphatic heterocycles. The highest BCUT2D eigenvalue weighted by molar-refractivity contribution is 7.98. The molecular weight excluding hydrogens is 481 g/mol. The minimum Gasteiger partial charge on any atom is -0.320 e. The SMILES string of the molecule is O=C(NNc1ccnc2c(NC(=O)c3c(Cl)cccc3Cl)cccc12)NSc1ccccc1. The van der Waals surface area contributed by atoms with Crippen LogP contribution in [0.15, 0.2) is 83.9 Å². The van der Waals surface area contributed by atoms with Crippen LogP contribution in [0.4, 0.5) is 16.2 Å². The molecule has 7 nitrogen and oxygen atoms in total. The van der Waals surface area contributed by atoms with Gasteiger partial charge in [0, 0.05) is 16.5 Å². The first-order valence-electron chi connectivity index (χ1n) is 9.70. The zero-order valence-electron chi connectivity index (χ0n) is 16.9. The quantitative estimate of drug-likeness (QED) is 0.190. The molecule has 0 radical (unpaired) electrons. The number of anilines is 2. The number of rotatable bonds is 6. The number of nitrogens with one attached hydrogen (secondary N) is 4. The first-order chi connectivity index (χ1) is 16.0. The van der Waals surface area contributed by atoms with Gasteiger partial charge in [-0.05, 0) is 48.3 Å². The van der Waals surface area contributed by atoms with Gasteiger partial charge in [0.1, 0.15) is 0 Å². The molecule has 4 N–H and O–H groups in total. The van der Waals surface area contributed by atoms with Crippen LogP contribution in [0.1, 0.15) is 10.4 Å². The monoisotopic (exact) mass is 497 g/mol. The maximum absolute atomic E-state index is 12.8. The fraction of sp³-hybridized carbons (Fsp3) is 0. The van der Waals surface area contributed by atoms with Crippen molar-refractivity contribution >= 4 is 69.4 Å². The Balaban J connectivity index is 1.48. The number of hydrogen-bond donors (Lipinski definition) is 4. The van der Waals surface area contributed by atoms with E-state index >= 15 is 0 Å². The summed E-state index contributed by atoms with van der Waals surface area (Å²) >= 11 is 13.5. The summed E-state index contributed by atoms with van der Waals surface area (Å²) in [7, 11) is 0. The molecule has 10 heteroatoms. The highest BCUT2D eigenvalue weighted by atomic mass is 35.5. The predicted octanol–water partition coefficient (Wildman–Crippen LogP) is 6.13. The van der Waals surface area contributed by atoms with Gasteiger partial charge in [0.15, 0.2) is 0 Å². The van der Waals surface area contributed by atoms with Crippen LogP contribution in [0, 0.1) is 0 Å². The van der Waals surface area contributed by atoms with Gasteiger partial charge in [-0.15, -0.1) is 0 Å². The van der Waals surface area contributed by atoms with Crippen molar-refractivity contribution in [3.8, 4) is 0 Å². The van der Waals surface area contributed by atoms with Crippen molar-refractivity contribution in [1.82, 2.24) is 15.1 Å². The fourth-order valence-corrected chi connectivity index (χ4v) is 4.15. The zero-order valence-corrected chi connectivity index (χ0v) is 19.3. The summed E-state index contributed by atoms with van der Waals surface area (Å²) in [6.45, 7) is 0. The lowest BCUT2D eigenvalue weighted by Crippen LogP contribution is -2.35. The summed E-state index contributed by atoms with van der Waals surface area (Å²) in [5.74, 6) is -0.450. The van der Waals surface area contributed by atoms with Crippen molar-refractivity contribution in [3.05, 3.63) is 94.6 Å². The van der Waals surface area contributed by atoms with Crippen molar-refractivity contribution < 1.29 is 9.59 Å². The number of para-hydroxylation sites is 1. The van der Waals surface area contributed by atoms with Crippen molar-refractivity contribution in [3.63, 3.8) is 0 Å². The highest BCUT2D eigenvalue weighted by Crippen LogP contribution is 2.29. The van der Waals surface area contributed by atoms with Crippen LogP contribution in [-0.2, 0) is 0 Å². The number of aromatic nitrogens is 1. The number of carbonyl (C=O) groups is 2. The molecular formula is C23H17Cl2N5O2S. The second kappa shape index (κ2) is 10.4. The van der Waals surface area contributed by atoms with E-state index in [1.807, 2.05) is 36.4 Å². The molecule has 1 heterocycles. The highest BCUT2D eigenvalue weighted by Gasteiger charge is 2.16. The summed E-state index contributed by atoms with van der Waals surface area (Å²) < 4.78 is 2.69. The number of fused-ring (bicyclic) bond motifs is 1. The molecule has 0 saturated carbocycles. The van der Waals surface area contributed by atoms with Gasteiger partial charge < -0.3 is 5.32 Å². The molecule has 33 heavy (non-hydrogen) atoms. The van der Waals surface area contributed by atoms with E-state index in [0.29, 0.717) is 22.3 Å². The smallest absolute Gasteiger partial charge is 0.320 e. The van der Waals surface area contributed by atoms with Gasteiger partial charge in [0.05, 0.1) is 32.5 Å². The molecule has 0 aliphatic rings. The number of nitrogens with zero attached hydrogens (tertiary/aromatic N) is 1. The van der Waals surface area contributed by atoms with Crippen LogP contribution in [-0.4, -0.2) is 16.9 Å². The minimum atomic E-state index is -0.450. The molecule has 0 saturated heterocycles. The number of amides is 3. The van der Waals surface area contributed by atoms with Crippen LogP contribution < -0.4 is 20.9 Å². The van der Waals surface area contributed by atoms with Gasteiger partial charge in [0.25, 0.3) is 5.91 Å². The lowest BCUT2D eigenvalue weighted by Gasteiger charge is -2.14. The predicted molar refractivity (Wildman–Crippen MR) is 134 cm³/mol. The van der Waals surface area contributed by atoms with E-state index in [1.165, 1.54) is 11.9 Å². The Morgan fingerprint density at radius 2 is 1.55 bits per heavy atom. The Morgan fingerprint density at radius 1 is 0.818 bits per heavy atom. The van der Waals surface area contributed by atoms with Crippen LogP contribution in [0.5, 0.6) is 0 Å². The van der Waals surface area contributed by atoms with Gasteiger partial charge in [-0.3, -0.25) is 25.4 Å². The lowest BCUT2D eigenvalue weighted by molar-refractivity contribution is 0.102. The summed E-state index contributed by atoms with van der Waals surface area (Å²) in [6, 6.07) is 20.9. The van der Waals surface area contributed by atoms with E-state index < -0.39 is 11.9 Å². The molecule has 0 fully saturated rings. The van der Waals surface area contributed by atoms with Gasteiger partial charge in [0.2, 0.25) is 0 Å². The normalized spacial score (nSPS) is 10.5. The van der Waals surface area contributed by atoms with E-state index in [1.54, 1.807) is 42.6 Å². The number of hydrazine groups is 1. The minimum absolute atomic E-state index is 0.182. The molecule has 0 atom stereocenters. The number of carbonyl (C=O) groups excluding carboxylic acids is 2. The van der Waals surface area contributed by atoms with Gasteiger partial charge >= 0.3 is 6.03 Å². The molecule has 3 amide bonds. The Labute approximate surface area is 204 Å². The van der Waals surface area contributed by atoms with Crippen LogP contribution in [0.3, 0.4) is 0 Å². The molecule has 3 aromatic carbocycles. The van der Waals surface area contributed by atoms with E-state index in [0.717, 1.165) is 4.90 Å². The van der Waals surface area contributed by atoms with Crippen molar-refractivity contribution in [2.45, 2.75) is 4.90 Å². The second-order valence-corrected chi connectivity index (χ2v) is 8.40. The molecule has 1 aromatic heterocycles. The number of halogens is 2. The summed E-state index contributed by atoms with van der Waals surface area (Å²) in [6.07, 6.45) is 1.57. The first-order valence-corrected chi connectivity index (χ1v) is 11.3. The molecule has 0 spiro atoms. The first kappa shape index (κ1) is 22.7. The molecule has 0 bridgehead atoms. The summed E-state index contributed by atoms with van der Waals surface area (Å²) in [5.41, 5.74) is 7.26. The van der Waals surface area contributed by atoms with Crippen LogP contribution >= 0.6 is 35.1 Å². The molecule has 0 unspecified atom stereocenters. The zero-order chi connectivity index (χ0) is 23.2. The van der Waals surface area contributed by atoms with Crippen LogP contribution in [0.25, 0.3) is 10.9 Å². The Morgan fingerprint density at radius 3 is 2.30 bits per heavy atom. The largest absolute Gasteiger partial charge is 0.343 e. The van der Waals surface area contributed by atoms with E-state index in [2.05, 4.69) is 25.9 Å². The van der Waals surface area contributed by atoms with Gasteiger partial charge in [-0.1, -0.05) is 59.6 Å². The summed E-state index contributed by atoms with van der Waals surface area (Å²) in [5, 5.41) is 4.00. The molecule has 166 valence electrons. The van der Waals surface area contributed by atoms with E-state index in [-0.39, 0.29) is 15.6 Å². The maximum Gasteiger partial charge on any atom is 0.343 e. The molecule has 4 rings (SSSR count). The fourth-order valence-electron chi connectivity index (χ4n) is 3.03. The lowest BCUT2D eigenvalue weighted by atomic mass is 10.1. The average molecular weight is 498 g/mol. The number of pyridine rings is 1. The topological polar surface area (TPSA) is 95.2 Å². The third kappa shape index (κ3) is 5.48. The maximum atomic E-state index is 12.8.